The van der Waals surface area contributed by atoms with E-state index in [-0.39, 0.29) is 32.4 Å². The summed E-state index contributed by atoms with van der Waals surface area (Å²) in [4.78, 5) is 22.5. The molecule has 5 heteroatoms. The Morgan fingerprint density at radius 3 is 2.75 bits per heavy atom. The molecule has 1 aromatic heterocycles. The number of nitrogens with zero attached hydrogens (tertiary/aromatic N) is 1. The van der Waals surface area contributed by atoms with Crippen LogP contribution in [-0.4, -0.2) is 29.4 Å². The average Bonchev–Trinajstić information content (AvgIpc) is 2.56. The molecule has 0 aliphatic rings. The second-order valence-electron chi connectivity index (χ2n) is 3.34. The van der Waals surface area contributed by atoms with Crippen LogP contribution in [0.15, 0.2) is 41.2 Å². The second-order valence-corrected chi connectivity index (χ2v) is 5.57. The van der Waals surface area contributed by atoms with Crippen LogP contribution in [0.5, 0.6) is 0 Å². The summed E-state index contributed by atoms with van der Waals surface area (Å²) in [6, 6.07) is 7.35. The average molecular weight is 282 g/mol. The topological polar surface area (TPSA) is 59.3 Å². The van der Waals surface area contributed by atoms with E-state index in [4.69, 9.17) is 5.11 Å². The zero-order chi connectivity index (χ0) is 11.7. The van der Waals surface area contributed by atoms with Crippen molar-refractivity contribution in [2.24, 2.45) is 0 Å². The first-order chi connectivity index (χ1) is 7.59. The maximum absolute atomic E-state index is 11.9. The van der Waals surface area contributed by atoms with Gasteiger partial charge in [0.1, 0.15) is 0 Å². The van der Waals surface area contributed by atoms with Crippen molar-refractivity contribution in [1.82, 2.24) is 3.56 Å². The Bertz CT molecular complexity index is 623. The molecule has 0 saturated heterocycles. The van der Waals surface area contributed by atoms with E-state index in [1.807, 2.05) is 18.2 Å². The van der Waals surface area contributed by atoms with Crippen molar-refractivity contribution in [3.8, 4) is 0 Å². The van der Waals surface area contributed by atoms with Gasteiger partial charge in [0.25, 0.3) is 0 Å². The summed E-state index contributed by atoms with van der Waals surface area (Å²) in [5, 5.41) is 9.40. The molecule has 2 rings (SSSR count). The molecule has 0 unspecified atom stereocenters. The van der Waals surface area contributed by atoms with Crippen molar-refractivity contribution in [1.29, 1.82) is 0 Å². The van der Waals surface area contributed by atoms with Gasteiger partial charge in [0, 0.05) is 0 Å². The number of carboxylic acids is 1. The number of carbonyl (C=O) groups is 1. The maximum atomic E-state index is 11.9. The number of rotatable bonds is 3. The molecule has 0 fully saturated rings. The number of fused-ring (bicyclic) bond motifs is 1. The van der Waals surface area contributed by atoms with E-state index in [1.54, 1.807) is 9.63 Å². The molecule has 1 aromatic carbocycles. The van der Waals surface area contributed by atoms with E-state index in [0.29, 0.717) is 5.39 Å². The second kappa shape index (κ2) is 4.12. The van der Waals surface area contributed by atoms with Crippen molar-refractivity contribution >= 4 is 30.3 Å². The van der Waals surface area contributed by atoms with Gasteiger partial charge in [-0.2, -0.15) is 0 Å². The third-order valence-electron chi connectivity index (χ3n) is 2.19. The van der Waals surface area contributed by atoms with Crippen molar-refractivity contribution in [3.63, 3.8) is 0 Å². The Labute approximate surface area is 97.4 Å². The van der Waals surface area contributed by atoms with Crippen molar-refractivity contribution in [2.45, 2.75) is 6.54 Å². The number of hydrogen-bond acceptors (Lipinski definition) is 2. The zero-order valence-electron chi connectivity index (χ0n) is 8.34. The molecular formula is C11H9NO3Se. The van der Waals surface area contributed by atoms with E-state index >= 15 is 0 Å². The van der Waals surface area contributed by atoms with Crippen LogP contribution in [0.1, 0.15) is 0 Å². The molecule has 0 radical (unpaired) electrons. The van der Waals surface area contributed by atoms with Crippen LogP contribution in [0.25, 0.3) is 9.65 Å². The Balaban J connectivity index is 2.47. The number of aromatic nitrogens is 1. The molecular weight excluding hydrogens is 273 g/mol. The number of benzene rings is 1. The van der Waals surface area contributed by atoms with Crippen LogP contribution in [-0.2, 0) is 11.3 Å². The Hall–Kier alpha value is -1.58. The predicted octanol–water partition coefficient (Wildman–Crippen LogP) is 0.699. The van der Waals surface area contributed by atoms with E-state index < -0.39 is 5.97 Å². The van der Waals surface area contributed by atoms with Crippen LogP contribution >= 0.6 is 0 Å². The van der Waals surface area contributed by atoms with Crippen LogP contribution in [0.2, 0.25) is 0 Å². The number of carboxylic acid groups (broad SMARTS) is 1. The van der Waals surface area contributed by atoms with Crippen molar-refractivity contribution in [3.05, 3.63) is 46.8 Å². The molecule has 0 bridgehead atoms. The van der Waals surface area contributed by atoms with Gasteiger partial charge < -0.3 is 0 Å². The predicted molar refractivity (Wildman–Crippen MR) is 61.9 cm³/mol. The summed E-state index contributed by atoms with van der Waals surface area (Å²) < 4.78 is 2.55. The Kier molecular flexibility index (Phi) is 2.81. The summed E-state index contributed by atoms with van der Waals surface area (Å²) >= 11 is -0.133. The summed E-state index contributed by atoms with van der Waals surface area (Å²) in [7, 11) is 0. The van der Waals surface area contributed by atoms with Gasteiger partial charge in [-0.25, -0.2) is 0 Å². The first-order valence-electron chi connectivity index (χ1n) is 4.59. The first-order valence-corrected chi connectivity index (χ1v) is 6.22. The summed E-state index contributed by atoms with van der Waals surface area (Å²) in [5.74, 6) is -1.06. The van der Waals surface area contributed by atoms with E-state index in [2.05, 4.69) is 6.58 Å². The third kappa shape index (κ3) is 1.87. The van der Waals surface area contributed by atoms with Gasteiger partial charge in [-0.3, -0.25) is 0 Å². The Morgan fingerprint density at radius 1 is 1.44 bits per heavy atom. The van der Waals surface area contributed by atoms with Crippen molar-refractivity contribution in [2.75, 3.05) is 0 Å². The molecule has 0 aliphatic carbocycles. The van der Waals surface area contributed by atoms with Crippen LogP contribution in [0.3, 0.4) is 0 Å². The molecule has 4 nitrogen and oxygen atoms in total. The molecule has 2 aromatic rings. The SMILES string of the molecule is C=C(Cn1[se]c2ccccc2c1=O)C(=O)O. The molecule has 16 heavy (non-hydrogen) atoms. The van der Waals surface area contributed by atoms with Crippen molar-refractivity contribution < 1.29 is 9.90 Å². The summed E-state index contributed by atoms with van der Waals surface area (Å²) in [5.41, 5.74) is -0.0546. The minimum absolute atomic E-state index is 0.0445. The normalized spacial score (nSPS) is 10.5. The molecule has 1 heterocycles. The van der Waals surface area contributed by atoms with Gasteiger partial charge in [-0.15, -0.1) is 0 Å². The molecule has 0 spiro atoms. The van der Waals surface area contributed by atoms with E-state index in [1.165, 1.54) is 0 Å². The fraction of sp³-hybridized carbons (Fsp3) is 0.0909. The number of hydrogen-bond donors (Lipinski definition) is 1. The fourth-order valence-electron chi connectivity index (χ4n) is 1.36. The fourth-order valence-corrected chi connectivity index (χ4v) is 3.53. The molecule has 0 saturated carbocycles. The van der Waals surface area contributed by atoms with Gasteiger partial charge in [-0.1, -0.05) is 0 Å². The molecule has 1 N–H and O–H groups in total. The quantitative estimate of drug-likeness (QED) is 0.666. The van der Waals surface area contributed by atoms with Gasteiger partial charge in [0.2, 0.25) is 0 Å². The molecule has 0 aliphatic heterocycles. The van der Waals surface area contributed by atoms with Crippen LogP contribution < -0.4 is 5.56 Å². The minimum atomic E-state index is -1.06. The Morgan fingerprint density at radius 2 is 2.12 bits per heavy atom. The van der Waals surface area contributed by atoms with Crippen LogP contribution in [0, 0.1) is 0 Å². The monoisotopic (exact) mass is 283 g/mol. The summed E-state index contributed by atoms with van der Waals surface area (Å²) in [6.45, 7) is 3.53. The molecule has 82 valence electrons. The standard InChI is InChI=1S/C11H9NO3Se/c1-7(11(14)15)6-12-10(13)8-4-2-3-5-9(8)16-12/h2-5H,1,6H2,(H,14,15). The van der Waals surface area contributed by atoms with Gasteiger partial charge in [-0.05, 0) is 0 Å². The molecule has 0 amide bonds. The van der Waals surface area contributed by atoms with E-state index in [9.17, 15) is 9.59 Å². The number of aliphatic carboxylic acids is 1. The first kappa shape index (κ1) is 10.9. The van der Waals surface area contributed by atoms with E-state index in [0.717, 1.165) is 4.26 Å². The van der Waals surface area contributed by atoms with Gasteiger partial charge >= 0.3 is 97.1 Å². The van der Waals surface area contributed by atoms with Crippen LogP contribution in [0.4, 0.5) is 0 Å². The summed E-state index contributed by atoms with van der Waals surface area (Å²) in [6.07, 6.45) is 0. The van der Waals surface area contributed by atoms with Gasteiger partial charge in [0.15, 0.2) is 0 Å². The third-order valence-corrected chi connectivity index (χ3v) is 4.43. The molecule has 0 atom stereocenters. The van der Waals surface area contributed by atoms with Gasteiger partial charge in [0.05, 0.1) is 0 Å². The zero-order valence-corrected chi connectivity index (χ0v) is 10.1.